The third-order valence-electron chi connectivity index (χ3n) is 3.28. The molecule has 1 amide bonds. The number of rotatable bonds is 8. The van der Waals surface area contributed by atoms with Crippen molar-refractivity contribution in [2.75, 3.05) is 19.5 Å². The minimum Gasteiger partial charge on any atom is -0.493 e. The highest BCUT2D eigenvalue weighted by Gasteiger charge is 2.05. The van der Waals surface area contributed by atoms with Gasteiger partial charge in [-0.25, -0.2) is 5.43 Å². The van der Waals surface area contributed by atoms with E-state index in [-0.39, 0.29) is 5.91 Å². The maximum atomic E-state index is 11.8. The number of thioether (sulfide) groups is 1. The molecule has 132 valence electrons. The fraction of sp³-hybridized carbons (Fsp3) is 0.263. The fourth-order valence-electron chi connectivity index (χ4n) is 2.03. The highest BCUT2D eigenvalue weighted by Crippen LogP contribution is 2.27. The number of nitrogens with zero attached hydrogens (tertiary/aromatic N) is 1. The second kappa shape index (κ2) is 9.74. The van der Waals surface area contributed by atoms with E-state index in [1.54, 1.807) is 13.3 Å². The van der Waals surface area contributed by atoms with E-state index in [0.29, 0.717) is 23.9 Å². The van der Waals surface area contributed by atoms with Gasteiger partial charge in [0.25, 0.3) is 0 Å². The summed E-state index contributed by atoms with van der Waals surface area (Å²) in [6.07, 6.45) is 1.58. The van der Waals surface area contributed by atoms with E-state index < -0.39 is 0 Å². The molecular weight excluding hydrogens is 336 g/mol. The molecule has 0 spiro atoms. The maximum absolute atomic E-state index is 11.8. The van der Waals surface area contributed by atoms with Gasteiger partial charge in [0.2, 0.25) is 5.91 Å². The first kappa shape index (κ1) is 18.9. The Bertz CT molecular complexity index is 730. The summed E-state index contributed by atoms with van der Waals surface area (Å²) >= 11 is 1.47. The average molecular weight is 358 g/mol. The molecule has 0 saturated heterocycles. The summed E-state index contributed by atoms with van der Waals surface area (Å²) in [5.41, 5.74) is 4.54. The third kappa shape index (κ3) is 6.15. The van der Waals surface area contributed by atoms with E-state index in [9.17, 15) is 4.79 Å². The minimum atomic E-state index is -0.153. The molecule has 2 aromatic carbocycles. The molecular formula is C19H22N2O3S. The second-order valence-corrected chi connectivity index (χ2v) is 6.29. The highest BCUT2D eigenvalue weighted by molar-refractivity contribution is 8.00. The van der Waals surface area contributed by atoms with Gasteiger partial charge in [0.05, 0.1) is 25.7 Å². The molecule has 5 nitrogen and oxygen atoms in total. The van der Waals surface area contributed by atoms with Crippen molar-refractivity contribution in [1.82, 2.24) is 5.43 Å². The van der Waals surface area contributed by atoms with E-state index in [1.165, 1.54) is 17.3 Å². The first-order valence-electron chi connectivity index (χ1n) is 7.94. The molecule has 0 fully saturated rings. The van der Waals surface area contributed by atoms with Crippen LogP contribution in [0.2, 0.25) is 0 Å². The van der Waals surface area contributed by atoms with Crippen LogP contribution in [-0.4, -0.2) is 31.6 Å². The minimum absolute atomic E-state index is 0.153. The van der Waals surface area contributed by atoms with Crippen LogP contribution in [0.3, 0.4) is 0 Å². The molecule has 0 aromatic heterocycles. The van der Waals surface area contributed by atoms with Crippen molar-refractivity contribution < 1.29 is 14.3 Å². The number of hydrogen-bond donors (Lipinski definition) is 1. The van der Waals surface area contributed by atoms with Crippen molar-refractivity contribution in [3.63, 3.8) is 0 Å². The number of aryl methyl sites for hydroxylation is 1. The van der Waals surface area contributed by atoms with E-state index in [1.807, 2.05) is 56.3 Å². The van der Waals surface area contributed by atoms with Crippen LogP contribution in [0.25, 0.3) is 0 Å². The molecule has 25 heavy (non-hydrogen) atoms. The molecule has 2 rings (SSSR count). The third-order valence-corrected chi connectivity index (χ3v) is 4.29. The van der Waals surface area contributed by atoms with Crippen molar-refractivity contribution >= 4 is 23.9 Å². The van der Waals surface area contributed by atoms with Gasteiger partial charge >= 0.3 is 0 Å². The lowest BCUT2D eigenvalue weighted by Crippen LogP contribution is -2.19. The molecule has 0 aliphatic rings. The fourth-order valence-corrected chi connectivity index (χ4v) is 2.72. The Balaban J connectivity index is 1.85. The number of hydrogen-bond acceptors (Lipinski definition) is 5. The Labute approximate surface area is 152 Å². The first-order chi connectivity index (χ1) is 12.1. The number of carbonyl (C=O) groups is 1. The van der Waals surface area contributed by atoms with Gasteiger partial charge in [-0.3, -0.25) is 4.79 Å². The predicted molar refractivity (Wildman–Crippen MR) is 102 cm³/mol. The summed E-state index contributed by atoms with van der Waals surface area (Å²) in [6, 6.07) is 13.5. The molecule has 0 radical (unpaired) electrons. The summed E-state index contributed by atoms with van der Waals surface area (Å²) in [6.45, 7) is 4.52. The number of benzene rings is 2. The number of ether oxygens (including phenoxy) is 2. The Morgan fingerprint density at radius 1 is 1.20 bits per heavy atom. The van der Waals surface area contributed by atoms with Crippen LogP contribution in [-0.2, 0) is 4.79 Å². The molecule has 0 unspecified atom stereocenters. The van der Waals surface area contributed by atoms with Crippen LogP contribution in [0, 0.1) is 6.92 Å². The Kier molecular flexibility index (Phi) is 7.35. The Hall–Kier alpha value is -2.47. The molecule has 1 N–H and O–H groups in total. The molecule has 0 atom stereocenters. The van der Waals surface area contributed by atoms with Crippen LogP contribution < -0.4 is 14.9 Å². The van der Waals surface area contributed by atoms with Gasteiger partial charge in [-0.2, -0.15) is 5.10 Å². The van der Waals surface area contributed by atoms with Gasteiger partial charge in [-0.1, -0.05) is 17.7 Å². The van der Waals surface area contributed by atoms with Gasteiger partial charge in [-0.15, -0.1) is 11.8 Å². The molecule has 0 saturated carbocycles. The number of amides is 1. The van der Waals surface area contributed by atoms with Gasteiger partial charge in [0, 0.05) is 4.90 Å². The lowest BCUT2D eigenvalue weighted by Gasteiger charge is -2.09. The van der Waals surface area contributed by atoms with Gasteiger partial charge < -0.3 is 9.47 Å². The number of nitrogens with one attached hydrogen (secondary N) is 1. The summed E-state index contributed by atoms with van der Waals surface area (Å²) in [7, 11) is 1.59. The lowest BCUT2D eigenvalue weighted by atomic mass is 10.2. The van der Waals surface area contributed by atoms with Crippen LogP contribution in [0.15, 0.2) is 52.5 Å². The second-order valence-electron chi connectivity index (χ2n) is 5.24. The van der Waals surface area contributed by atoms with Crippen LogP contribution in [0.4, 0.5) is 0 Å². The van der Waals surface area contributed by atoms with E-state index >= 15 is 0 Å². The Morgan fingerprint density at radius 2 is 1.96 bits per heavy atom. The zero-order valence-corrected chi connectivity index (χ0v) is 15.4. The Morgan fingerprint density at radius 3 is 2.64 bits per heavy atom. The van der Waals surface area contributed by atoms with Crippen LogP contribution >= 0.6 is 11.8 Å². The number of hydrazone groups is 1. The van der Waals surface area contributed by atoms with E-state index in [0.717, 1.165) is 10.5 Å². The van der Waals surface area contributed by atoms with Crippen molar-refractivity contribution in [3.05, 3.63) is 53.6 Å². The largest absolute Gasteiger partial charge is 0.493 e. The molecule has 0 bridgehead atoms. The van der Waals surface area contributed by atoms with Crippen LogP contribution in [0.1, 0.15) is 18.1 Å². The molecule has 0 heterocycles. The lowest BCUT2D eigenvalue weighted by molar-refractivity contribution is -0.118. The van der Waals surface area contributed by atoms with Gasteiger partial charge in [0.1, 0.15) is 0 Å². The van der Waals surface area contributed by atoms with Crippen molar-refractivity contribution in [1.29, 1.82) is 0 Å². The first-order valence-corrected chi connectivity index (χ1v) is 8.93. The quantitative estimate of drug-likeness (QED) is 0.445. The summed E-state index contributed by atoms with van der Waals surface area (Å²) in [5.74, 6) is 1.47. The zero-order valence-electron chi connectivity index (χ0n) is 14.6. The summed E-state index contributed by atoms with van der Waals surface area (Å²) in [4.78, 5) is 12.9. The molecule has 0 aliphatic carbocycles. The highest BCUT2D eigenvalue weighted by atomic mass is 32.2. The maximum Gasteiger partial charge on any atom is 0.250 e. The summed E-state index contributed by atoms with van der Waals surface area (Å²) in [5, 5.41) is 3.98. The zero-order chi connectivity index (χ0) is 18.1. The molecule has 6 heteroatoms. The topological polar surface area (TPSA) is 59.9 Å². The van der Waals surface area contributed by atoms with Gasteiger partial charge in [-0.05, 0) is 49.7 Å². The normalized spacial score (nSPS) is 10.7. The van der Waals surface area contributed by atoms with E-state index in [2.05, 4.69) is 10.5 Å². The average Bonchev–Trinajstić information content (AvgIpc) is 2.62. The van der Waals surface area contributed by atoms with Crippen molar-refractivity contribution in [3.8, 4) is 11.5 Å². The predicted octanol–water partition coefficient (Wildman–Crippen LogP) is 3.64. The van der Waals surface area contributed by atoms with Crippen molar-refractivity contribution in [2.24, 2.45) is 5.10 Å². The molecule has 0 aliphatic heterocycles. The van der Waals surface area contributed by atoms with Gasteiger partial charge in [0.15, 0.2) is 11.5 Å². The molecule has 2 aromatic rings. The smallest absolute Gasteiger partial charge is 0.250 e. The SMILES string of the molecule is CCOc1ccc(/C=N/NC(=O)CSc2ccc(C)cc2)cc1OC. The number of methoxy groups -OCH3 is 1. The van der Waals surface area contributed by atoms with E-state index in [4.69, 9.17) is 9.47 Å². The number of carbonyl (C=O) groups excluding carboxylic acids is 1. The monoisotopic (exact) mass is 358 g/mol. The van der Waals surface area contributed by atoms with Crippen molar-refractivity contribution in [2.45, 2.75) is 18.7 Å². The summed E-state index contributed by atoms with van der Waals surface area (Å²) < 4.78 is 10.7. The van der Waals surface area contributed by atoms with Crippen LogP contribution in [0.5, 0.6) is 11.5 Å². The standard InChI is InChI=1S/C19H22N2O3S/c1-4-24-17-10-7-15(11-18(17)23-3)12-20-21-19(22)13-25-16-8-5-14(2)6-9-16/h5-12H,4,13H2,1-3H3,(H,21,22)/b20-12+.